The Morgan fingerprint density at radius 3 is 2.16 bits per heavy atom. The molecule has 0 bridgehead atoms. The van der Waals surface area contributed by atoms with Crippen LogP contribution in [-0.4, -0.2) is 35.6 Å². The van der Waals surface area contributed by atoms with E-state index in [1.807, 2.05) is 0 Å². The fraction of sp³-hybridized carbons (Fsp3) is 1.00. The maximum atomic E-state index is 3.79. The summed E-state index contributed by atoms with van der Waals surface area (Å²) < 4.78 is 0. The Balaban J connectivity index is 2.91. The third-order valence-electron chi connectivity index (χ3n) is 4.81. The summed E-state index contributed by atoms with van der Waals surface area (Å²) in [7, 11) is 0. The van der Waals surface area contributed by atoms with Gasteiger partial charge in [0.15, 0.2) is 0 Å². The van der Waals surface area contributed by atoms with Gasteiger partial charge >= 0.3 is 0 Å². The zero-order chi connectivity index (χ0) is 14.8. The Bertz CT molecular complexity index is 275. The lowest BCUT2D eigenvalue weighted by Crippen LogP contribution is -2.66. The van der Waals surface area contributed by atoms with E-state index in [0.29, 0.717) is 29.0 Å². The minimum Gasteiger partial charge on any atom is -0.311 e. The van der Waals surface area contributed by atoms with E-state index in [0.717, 1.165) is 6.54 Å². The first kappa shape index (κ1) is 17.0. The Labute approximate surface area is 121 Å². The molecule has 0 aromatic heterocycles. The molecule has 0 radical (unpaired) electrons. The fourth-order valence-electron chi connectivity index (χ4n) is 3.40. The fourth-order valence-corrected chi connectivity index (χ4v) is 3.40. The largest absolute Gasteiger partial charge is 0.311 e. The number of hydrogen-bond donors (Lipinski definition) is 1. The van der Waals surface area contributed by atoms with Crippen LogP contribution in [0.5, 0.6) is 0 Å². The summed E-state index contributed by atoms with van der Waals surface area (Å²) in [6.07, 6.45) is 2.55. The Hall–Kier alpha value is -0.0800. The molecule has 1 saturated heterocycles. The van der Waals surface area contributed by atoms with Crippen molar-refractivity contribution in [2.24, 2.45) is 11.3 Å². The highest BCUT2D eigenvalue weighted by atomic mass is 15.3. The normalized spacial score (nSPS) is 27.0. The van der Waals surface area contributed by atoms with E-state index < -0.39 is 0 Å². The lowest BCUT2D eigenvalue weighted by Gasteiger charge is -2.53. The maximum absolute atomic E-state index is 3.79. The molecule has 0 saturated carbocycles. The average Bonchev–Trinajstić information content (AvgIpc) is 2.26. The minimum atomic E-state index is 0.315. The van der Waals surface area contributed by atoms with Crippen molar-refractivity contribution in [3.63, 3.8) is 0 Å². The van der Waals surface area contributed by atoms with Crippen molar-refractivity contribution in [2.75, 3.05) is 13.1 Å². The van der Waals surface area contributed by atoms with Crippen molar-refractivity contribution in [1.82, 2.24) is 10.2 Å². The highest BCUT2D eigenvalue weighted by Gasteiger charge is 2.40. The van der Waals surface area contributed by atoms with Crippen LogP contribution in [-0.2, 0) is 0 Å². The molecule has 19 heavy (non-hydrogen) atoms. The summed E-state index contributed by atoms with van der Waals surface area (Å²) in [6, 6.07) is 1.26. The van der Waals surface area contributed by atoms with Gasteiger partial charge in [-0.25, -0.2) is 0 Å². The Morgan fingerprint density at radius 2 is 1.74 bits per heavy atom. The van der Waals surface area contributed by atoms with Gasteiger partial charge in [0.05, 0.1) is 0 Å². The first-order chi connectivity index (χ1) is 8.59. The summed E-state index contributed by atoms with van der Waals surface area (Å²) in [5.74, 6) is 0.713. The van der Waals surface area contributed by atoms with Crippen LogP contribution < -0.4 is 5.32 Å². The van der Waals surface area contributed by atoms with Gasteiger partial charge in [0, 0.05) is 30.7 Å². The van der Waals surface area contributed by atoms with Crippen LogP contribution in [0.2, 0.25) is 0 Å². The van der Waals surface area contributed by atoms with E-state index in [2.05, 4.69) is 65.6 Å². The van der Waals surface area contributed by atoms with Crippen LogP contribution in [0.3, 0.4) is 0 Å². The van der Waals surface area contributed by atoms with Gasteiger partial charge in [-0.15, -0.1) is 0 Å². The van der Waals surface area contributed by atoms with E-state index in [-0.39, 0.29) is 0 Å². The van der Waals surface area contributed by atoms with Gasteiger partial charge in [0.2, 0.25) is 0 Å². The van der Waals surface area contributed by atoms with Crippen molar-refractivity contribution < 1.29 is 0 Å². The molecule has 1 aliphatic heterocycles. The summed E-state index contributed by atoms with van der Waals surface area (Å²) in [4.78, 5) is 2.79. The van der Waals surface area contributed by atoms with Crippen LogP contribution in [0.4, 0.5) is 0 Å². The molecule has 2 atom stereocenters. The zero-order valence-electron chi connectivity index (χ0n) is 14.5. The minimum absolute atomic E-state index is 0.315. The Kier molecular flexibility index (Phi) is 5.48. The van der Waals surface area contributed by atoms with E-state index in [9.17, 15) is 0 Å². The zero-order valence-corrected chi connectivity index (χ0v) is 14.5. The van der Waals surface area contributed by atoms with Gasteiger partial charge in [0.1, 0.15) is 0 Å². The van der Waals surface area contributed by atoms with Crippen LogP contribution in [0.1, 0.15) is 68.2 Å². The van der Waals surface area contributed by atoms with Crippen molar-refractivity contribution in [3.05, 3.63) is 0 Å². The molecular formula is C17H36N2. The molecule has 0 spiro atoms. The van der Waals surface area contributed by atoms with Gasteiger partial charge in [-0.05, 0) is 31.6 Å². The molecule has 0 amide bonds. The van der Waals surface area contributed by atoms with Gasteiger partial charge in [-0.1, -0.05) is 48.0 Å². The molecular weight excluding hydrogens is 232 g/mol. The van der Waals surface area contributed by atoms with Crippen molar-refractivity contribution in [2.45, 2.75) is 85.9 Å². The molecule has 2 nitrogen and oxygen atoms in total. The smallest absolute Gasteiger partial charge is 0.0249 e. The standard InChI is InChI=1S/C17H36N2/c1-9-10-17(7,8)19-12-15(16(4,5)6)18-11-14(19)13(2)3/h13-15,18H,9-12H2,1-8H3. The number of piperazine rings is 1. The lowest BCUT2D eigenvalue weighted by atomic mass is 9.81. The van der Waals surface area contributed by atoms with Gasteiger partial charge in [0.25, 0.3) is 0 Å². The predicted octanol–water partition coefficient (Wildman–Crippen LogP) is 3.91. The quantitative estimate of drug-likeness (QED) is 0.831. The van der Waals surface area contributed by atoms with E-state index >= 15 is 0 Å². The lowest BCUT2D eigenvalue weighted by molar-refractivity contribution is -0.0133. The van der Waals surface area contributed by atoms with Crippen LogP contribution in [0.25, 0.3) is 0 Å². The predicted molar refractivity (Wildman–Crippen MR) is 85.6 cm³/mol. The molecule has 0 aromatic rings. The molecule has 114 valence electrons. The van der Waals surface area contributed by atoms with Crippen molar-refractivity contribution >= 4 is 0 Å². The second-order valence-corrected chi connectivity index (χ2v) is 8.35. The molecule has 1 rings (SSSR count). The van der Waals surface area contributed by atoms with E-state index in [1.54, 1.807) is 0 Å². The van der Waals surface area contributed by atoms with Crippen LogP contribution in [0, 0.1) is 11.3 Å². The maximum Gasteiger partial charge on any atom is 0.0249 e. The monoisotopic (exact) mass is 268 g/mol. The molecule has 0 aromatic carbocycles. The number of nitrogens with zero attached hydrogens (tertiary/aromatic N) is 1. The third kappa shape index (κ3) is 4.19. The topological polar surface area (TPSA) is 15.3 Å². The molecule has 1 aliphatic rings. The third-order valence-corrected chi connectivity index (χ3v) is 4.81. The second kappa shape index (κ2) is 6.13. The average molecular weight is 268 g/mol. The number of hydrogen-bond acceptors (Lipinski definition) is 2. The van der Waals surface area contributed by atoms with Gasteiger partial charge in [-0.3, -0.25) is 4.90 Å². The number of rotatable bonds is 4. The van der Waals surface area contributed by atoms with E-state index in [4.69, 9.17) is 0 Å². The van der Waals surface area contributed by atoms with Gasteiger partial charge < -0.3 is 5.32 Å². The molecule has 0 aliphatic carbocycles. The first-order valence-electron chi connectivity index (χ1n) is 8.09. The summed E-state index contributed by atoms with van der Waals surface area (Å²) in [5.41, 5.74) is 0.651. The summed E-state index contributed by atoms with van der Waals surface area (Å²) >= 11 is 0. The van der Waals surface area contributed by atoms with Gasteiger partial charge in [-0.2, -0.15) is 0 Å². The Morgan fingerprint density at radius 1 is 1.16 bits per heavy atom. The SMILES string of the molecule is CCCC(C)(C)N1CC(C(C)(C)C)NCC1C(C)C. The highest BCUT2D eigenvalue weighted by Crippen LogP contribution is 2.32. The molecule has 2 heteroatoms. The van der Waals surface area contributed by atoms with Crippen molar-refractivity contribution in [3.8, 4) is 0 Å². The summed E-state index contributed by atoms with van der Waals surface area (Å²) in [6.45, 7) is 21.2. The highest BCUT2D eigenvalue weighted by molar-refractivity contribution is 4.98. The molecule has 2 unspecified atom stereocenters. The van der Waals surface area contributed by atoms with Crippen LogP contribution in [0.15, 0.2) is 0 Å². The first-order valence-corrected chi connectivity index (χ1v) is 8.09. The summed E-state index contributed by atoms with van der Waals surface area (Å²) in [5, 5.41) is 3.79. The second-order valence-electron chi connectivity index (χ2n) is 8.35. The van der Waals surface area contributed by atoms with Crippen molar-refractivity contribution in [1.29, 1.82) is 0 Å². The number of nitrogens with one attached hydrogen (secondary N) is 1. The van der Waals surface area contributed by atoms with Crippen LogP contribution >= 0.6 is 0 Å². The molecule has 1 fully saturated rings. The molecule has 1 N–H and O–H groups in total. The molecule has 1 heterocycles. The van der Waals surface area contributed by atoms with E-state index in [1.165, 1.54) is 19.4 Å².